The number of aliphatic hydroxyl groups excluding tert-OH is 1. The largest absolute Gasteiger partial charge is 0.469 e. The van der Waals surface area contributed by atoms with Crippen LogP contribution < -0.4 is 0 Å². The van der Waals surface area contributed by atoms with Gasteiger partial charge in [0.2, 0.25) is 11.8 Å². The van der Waals surface area contributed by atoms with E-state index in [0.717, 1.165) is 6.42 Å². The Bertz CT molecular complexity index is 311. The Morgan fingerprint density at radius 1 is 0.821 bits per heavy atom. The average molecular weight is 486 g/mol. The summed E-state index contributed by atoms with van der Waals surface area (Å²) in [5, 5.41) is 8.36. The van der Waals surface area contributed by atoms with Crippen LogP contribution in [0.25, 0.3) is 0 Å². The van der Waals surface area contributed by atoms with Crippen molar-refractivity contribution in [2.24, 2.45) is 0 Å². The number of methoxy groups -OCH3 is 1. The number of nitrogens with zero attached hydrogens (tertiary/aromatic N) is 2. The molecule has 0 aromatic heterocycles. The van der Waals surface area contributed by atoms with Crippen molar-refractivity contribution >= 4 is 17.8 Å². The maximum absolute atomic E-state index is 10.4. The van der Waals surface area contributed by atoms with Gasteiger partial charge >= 0.3 is 5.97 Å². The van der Waals surface area contributed by atoms with Gasteiger partial charge in [0.25, 0.3) is 0 Å². The van der Waals surface area contributed by atoms with Crippen LogP contribution in [-0.2, 0) is 51.8 Å². The molecule has 0 saturated carbocycles. The Morgan fingerprint density at radius 3 is 1.07 bits per heavy atom. The van der Waals surface area contributed by atoms with Crippen molar-refractivity contribution in [1.29, 1.82) is 0 Å². The van der Waals surface area contributed by atoms with Crippen molar-refractivity contribution in [2.45, 2.75) is 81.3 Å². The second-order valence-corrected chi connectivity index (χ2v) is 5.47. The van der Waals surface area contributed by atoms with Crippen molar-refractivity contribution in [3.63, 3.8) is 0 Å². The number of hydrogen-bond donors (Lipinski definition) is 1. The molecule has 7 nitrogen and oxygen atoms in total. The number of carbonyl (C=O) groups excluding carboxylic acids is 3. The third-order valence-corrected chi connectivity index (χ3v) is 2.71. The smallest absolute Gasteiger partial charge is 0.305 e. The molecule has 0 aromatic carbocycles. The van der Waals surface area contributed by atoms with Gasteiger partial charge in [-0.15, -0.1) is 0 Å². The van der Waals surface area contributed by atoms with Crippen LogP contribution in [0.2, 0.25) is 0 Å². The number of rotatable bonds is 4. The summed E-state index contributed by atoms with van der Waals surface area (Å²) in [7, 11) is 8.40. The van der Waals surface area contributed by atoms with Gasteiger partial charge in [-0.2, -0.15) is 0 Å². The Hall–Kier alpha value is -0.526. The van der Waals surface area contributed by atoms with Crippen LogP contribution in [0.4, 0.5) is 0 Å². The Balaban J connectivity index is -0.0000000408. The Morgan fingerprint density at radius 2 is 1.07 bits per heavy atom. The van der Waals surface area contributed by atoms with Crippen molar-refractivity contribution in [2.75, 3.05) is 35.3 Å². The molecule has 0 aliphatic rings. The standard InChI is InChI=1S/2C5H11NO.C4H8O2.C4H10O.2CH4.Y/c2*1-4-5(7)6(2)3;1-3-4(5)6-2;1-3-4(2)5;;;/h2*4H2,1-3H3;3H2,1-2H3;4-5H,3H2,1-2H3;2*1H4;. The van der Waals surface area contributed by atoms with Gasteiger partial charge in [0.1, 0.15) is 0 Å². The van der Waals surface area contributed by atoms with Crippen LogP contribution in [0, 0.1) is 0 Å². The molecular weight excluding hydrogens is 437 g/mol. The topological polar surface area (TPSA) is 87.2 Å². The molecule has 0 heterocycles. The number of amides is 2. The van der Waals surface area contributed by atoms with E-state index in [1.54, 1.807) is 51.8 Å². The monoisotopic (exact) mass is 485 g/mol. The molecular formula is C20H48N2O5Y. The van der Waals surface area contributed by atoms with Crippen LogP contribution in [0.3, 0.4) is 0 Å². The number of carbonyl (C=O) groups is 3. The molecule has 1 unspecified atom stereocenters. The number of esters is 1. The number of ether oxygens (including phenoxy) is 1. The van der Waals surface area contributed by atoms with Gasteiger partial charge in [0.05, 0.1) is 13.2 Å². The molecule has 8 heteroatoms. The van der Waals surface area contributed by atoms with E-state index < -0.39 is 0 Å². The second-order valence-electron chi connectivity index (χ2n) is 5.47. The van der Waals surface area contributed by atoms with Crippen LogP contribution in [-0.4, -0.2) is 74.1 Å². The van der Waals surface area contributed by atoms with Crippen LogP contribution >= 0.6 is 0 Å². The van der Waals surface area contributed by atoms with Crippen molar-refractivity contribution in [1.82, 2.24) is 9.80 Å². The predicted molar refractivity (Wildman–Crippen MR) is 116 cm³/mol. The summed E-state index contributed by atoms with van der Waals surface area (Å²) in [6.45, 7) is 9.18. The minimum absolute atomic E-state index is 0. The fourth-order valence-corrected chi connectivity index (χ4v) is 0.777. The zero-order valence-corrected chi connectivity index (χ0v) is 21.3. The normalized spacial score (nSPS) is 8.54. The van der Waals surface area contributed by atoms with Crippen molar-refractivity contribution < 1.29 is 56.9 Å². The first-order valence-corrected chi connectivity index (χ1v) is 8.59. The summed E-state index contributed by atoms with van der Waals surface area (Å²) in [6.07, 6.45) is 2.42. The molecule has 1 radical (unpaired) electrons. The van der Waals surface area contributed by atoms with E-state index in [2.05, 4.69) is 4.74 Å². The van der Waals surface area contributed by atoms with Crippen LogP contribution in [0.1, 0.15) is 75.2 Å². The van der Waals surface area contributed by atoms with E-state index >= 15 is 0 Å². The summed E-state index contributed by atoms with van der Waals surface area (Å²) in [5.41, 5.74) is 0. The first kappa shape index (κ1) is 45.9. The Labute approximate surface area is 200 Å². The molecule has 0 spiro atoms. The fourth-order valence-electron chi connectivity index (χ4n) is 0.777. The van der Waals surface area contributed by atoms with Gasteiger partial charge in [0.15, 0.2) is 0 Å². The third kappa shape index (κ3) is 50.0. The van der Waals surface area contributed by atoms with Gasteiger partial charge in [0, 0.05) is 80.2 Å². The number of hydrogen-bond acceptors (Lipinski definition) is 5. The molecule has 0 aliphatic heterocycles. The first-order chi connectivity index (χ1) is 11.4. The van der Waals surface area contributed by atoms with E-state index in [1.807, 2.05) is 20.8 Å². The van der Waals surface area contributed by atoms with Crippen LogP contribution in [0.15, 0.2) is 0 Å². The van der Waals surface area contributed by atoms with E-state index in [9.17, 15) is 14.4 Å². The van der Waals surface area contributed by atoms with Gasteiger partial charge in [-0.25, -0.2) is 0 Å². The summed E-state index contributed by atoms with van der Waals surface area (Å²) in [5.74, 6) is 0.204. The molecule has 0 aromatic rings. The zero-order valence-electron chi connectivity index (χ0n) is 18.5. The minimum atomic E-state index is -0.157. The second kappa shape index (κ2) is 34.0. The molecule has 0 fully saturated rings. The van der Waals surface area contributed by atoms with Gasteiger partial charge < -0.3 is 19.6 Å². The fraction of sp³-hybridized carbons (Fsp3) is 0.850. The number of aliphatic hydroxyl groups is 1. The molecule has 0 aliphatic carbocycles. The summed E-state index contributed by atoms with van der Waals surface area (Å²) < 4.78 is 4.26. The Kier molecular flexibility index (Phi) is 55.8. The molecule has 0 bridgehead atoms. The summed E-state index contributed by atoms with van der Waals surface area (Å²) in [4.78, 5) is 34.0. The minimum Gasteiger partial charge on any atom is -0.469 e. The van der Waals surface area contributed by atoms with Crippen LogP contribution in [0.5, 0.6) is 0 Å². The molecule has 0 rings (SSSR count). The van der Waals surface area contributed by atoms with Crippen molar-refractivity contribution in [3.05, 3.63) is 0 Å². The van der Waals surface area contributed by atoms with Gasteiger partial charge in [-0.05, 0) is 13.3 Å². The molecule has 1 atom stereocenters. The van der Waals surface area contributed by atoms with E-state index in [-0.39, 0.29) is 71.5 Å². The summed E-state index contributed by atoms with van der Waals surface area (Å²) in [6, 6.07) is 0. The molecule has 171 valence electrons. The van der Waals surface area contributed by atoms with Crippen molar-refractivity contribution in [3.8, 4) is 0 Å². The van der Waals surface area contributed by atoms with E-state index in [0.29, 0.717) is 19.3 Å². The molecule has 2 amide bonds. The van der Waals surface area contributed by atoms with Gasteiger partial charge in [-0.3, -0.25) is 14.4 Å². The predicted octanol–water partition coefficient (Wildman–Crippen LogP) is 3.59. The maximum atomic E-state index is 10.4. The molecule has 1 N–H and O–H groups in total. The third-order valence-electron chi connectivity index (χ3n) is 2.71. The maximum Gasteiger partial charge on any atom is 0.305 e. The first-order valence-electron chi connectivity index (χ1n) is 8.59. The quantitative estimate of drug-likeness (QED) is 0.615. The SMILES string of the molecule is C.C.CCC(=O)N(C)C.CCC(=O)N(C)C.CCC(=O)OC.CCC(C)O.[Y]. The summed E-state index contributed by atoms with van der Waals surface area (Å²) >= 11 is 0. The average Bonchev–Trinajstić information content (AvgIpc) is 2.60. The molecule has 28 heavy (non-hydrogen) atoms. The van der Waals surface area contributed by atoms with E-state index in [1.165, 1.54) is 7.11 Å². The van der Waals surface area contributed by atoms with E-state index in [4.69, 9.17) is 5.11 Å². The molecule has 0 saturated heterocycles. The van der Waals surface area contributed by atoms with Gasteiger partial charge in [-0.1, -0.05) is 42.5 Å². The zero-order chi connectivity index (χ0) is 21.0.